The van der Waals surface area contributed by atoms with Crippen molar-refractivity contribution in [2.75, 3.05) is 12.4 Å². The number of ether oxygens (including phenoxy) is 2. The normalized spacial score (nSPS) is 15.6. The van der Waals surface area contributed by atoms with E-state index < -0.39 is 0 Å². The number of nitrogens with zero attached hydrogens (tertiary/aromatic N) is 3. The van der Waals surface area contributed by atoms with Gasteiger partial charge in [-0.1, -0.05) is 35.5 Å². The van der Waals surface area contributed by atoms with Crippen molar-refractivity contribution in [3.8, 4) is 11.5 Å². The summed E-state index contributed by atoms with van der Waals surface area (Å²) in [6.07, 6.45) is -0.348. The number of ketones is 1. The maximum Gasteiger partial charge on any atom is 0.192 e. The van der Waals surface area contributed by atoms with Gasteiger partial charge in [0.05, 0.1) is 5.75 Å². The molecule has 0 fully saturated rings. The molecule has 0 amide bonds. The molecule has 138 valence electrons. The van der Waals surface area contributed by atoms with Gasteiger partial charge in [0.15, 0.2) is 34.4 Å². The van der Waals surface area contributed by atoms with E-state index in [4.69, 9.17) is 21.1 Å². The molecule has 0 unspecified atom stereocenters. The molecule has 1 aliphatic heterocycles. The van der Waals surface area contributed by atoms with Crippen molar-refractivity contribution in [3.05, 3.63) is 64.9 Å². The summed E-state index contributed by atoms with van der Waals surface area (Å²) in [5.74, 6) is 2.33. The third-order valence-electron chi connectivity index (χ3n) is 4.16. The standard InChI is InChI=1S/C19H16ClN3O3S/c1-23-18(17-10-25-15-4-2-3-5-16(15)26-17)21-22-19(23)27-11-14(24)12-6-8-13(20)9-7-12/h2-9,17H,10-11H2,1H3/t17-/m0/s1. The van der Waals surface area contributed by atoms with Crippen molar-refractivity contribution in [1.29, 1.82) is 0 Å². The smallest absolute Gasteiger partial charge is 0.192 e. The van der Waals surface area contributed by atoms with Gasteiger partial charge in [-0.15, -0.1) is 10.2 Å². The third kappa shape index (κ3) is 3.79. The second-order valence-electron chi connectivity index (χ2n) is 5.98. The zero-order valence-corrected chi connectivity index (χ0v) is 16.0. The minimum Gasteiger partial charge on any atom is -0.485 e. The van der Waals surface area contributed by atoms with Crippen LogP contribution in [0.25, 0.3) is 0 Å². The highest BCUT2D eigenvalue weighted by molar-refractivity contribution is 7.99. The topological polar surface area (TPSA) is 66.2 Å². The first-order chi connectivity index (χ1) is 13.1. The summed E-state index contributed by atoms with van der Waals surface area (Å²) >= 11 is 7.19. The fourth-order valence-corrected chi connectivity index (χ4v) is 3.67. The average molecular weight is 402 g/mol. The van der Waals surface area contributed by atoms with Gasteiger partial charge in [0, 0.05) is 17.6 Å². The first-order valence-electron chi connectivity index (χ1n) is 8.31. The first kappa shape index (κ1) is 17.9. The lowest BCUT2D eigenvalue weighted by Crippen LogP contribution is -2.24. The average Bonchev–Trinajstić information content (AvgIpc) is 3.06. The second kappa shape index (κ2) is 7.62. The Balaban J connectivity index is 1.43. The lowest BCUT2D eigenvalue weighted by molar-refractivity contribution is 0.0825. The summed E-state index contributed by atoms with van der Waals surface area (Å²) < 4.78 is 13.6. The SMILES string of the molecule is Cn1c(SCC(=O)c2ccc(Cl)cc2)nnc1[C@@H]1COc2ccccc2O1. The largest absolute Gasteiger partial charge is 0.485 e. The molecule has 8 heteroatoms. The van der Waals surface area contributed by atoms with Gasteiger partial charge in [0.25, 0.3) is 0 Å². The molecule has 3 aromatic rings. The highest BCUT2D eigenvalue weighted by Crippen LogP contribution is 2.35. The second-order valence-corrected chi connectivity index (χ2v) is 7.36. The molecule has 2 aromatic carbocycles. The summed E-state index contributed by atoms with van der Waals surface area (Å²) in [6.45, 7) is 0.358. The van der Waals surface area contributed by atoms with Crippen molar-refractivity contribution in [1.82, 2.24) is 14.8 Å². The molecule has 0 radical (unpaired) electrons. The van der Waals surface area contributed by atoms with Crippen molar-refractivity contribution < 1.29 is 14.3 Å². The molecule has 1 aliphatic rings. The van der Waals surface area contributed by atoms with Crippen molar-refractivity contribution in [2.45, 2.75) is 11.3 Å². The number of thioether (sulfide) groups is 1. The summed E-state index contributed by atoms with van der Waals surface area (Å²) in [5, 5.41) is 9.68. The van der Waals surface area contributed by atoms with E-state index in [2.05, 4.69) is 10.2 Å². The fourth-order valence-electron chi connectivity index (χ4n) is 2.73. The number of Topliss-reactive ketones (excluding diaryl/α,β-unsaturated/α-hetero) is 1. The Morgan fingerprint density at radius 3 is 2.70 bits per heavy atom. The summed E-state index contributed by atoms with van der Waals surface area (Å²) in [4.78, 5) is 12.3. The minimum atomic E-state index is -0.348. The van der Waals surface area contributed by atoms with Crippen LogP contribution in [-0.4, -0.2) is 32.9 Å². The Morgan fingerprint density at radius 2 is 1.93 bits per heavy atom. The van der Waals surface area contributed by atoms with Gasteiger partial charge in [-0.25, -0.2) is 0 Å². The van der Waals surface area contributed by atoms with Gasteiger partial charge >= 0.3 is 0 Å². The molecule has 0 N–H and O–H groups in total. The highest BCUT2D eigenvalue weighted by Gasteiger charge is 2.27. The molecule has 6 nitrogen and oxygen atoms in total. The molecule has 1 aromatic heterocycles. The maximum absolute atomic E-state index is 12.3. The molecule has 0 saturated carbocycles. The van der Waals surface area contributed by atoms with E-state index in [0.717, 1.165) is 5.75 Å². The third-order valence-corrected chi connectivity index (χ3v) is 5.44. The van der Waals surface area contributed by atoms with Crippen LogP contribution in [0.5, 0.6) is 11.5 Å². The van der Waals surface area contributed by atoms with E-state index in [1.54, 1.807) is 24.3 Å². The number of benzene rings is 2. The number of para-hydroxylation sites is 2. The van der Waals surface area contributed by atoms with Crippen LogP contribution in [0.4, 0.5) is 0 Å². The lowest BCUT2D eigenvalue weighted by atomic mass is 10.1. The van der Waals surface area contributed by atoms with E-state index in [1.165, 1.54) is 11.8 Å². The molecular formula is C19H16ClN3O3S. The Labute approximate surface area is 165 Å². The molecule has 4 rings (SSSR count). The Morgan fingerprint density at radius 1 is 1.19 bits per heavy atom. The highest BCUT2D eigenvalue weighted by atomic mass is 35.5. The molecule has 27 heavy (non-hydrogen) atoms. The van der Waals surface area contributed by atoms with Gasteiger partial charge in [-0.3, -0.25) is 4.79 Å². The first-order valence-corrected chi connectivity index (χ1v) is 9.67. The van der Waals surface area contributed by atoms with Crippen molar-refractivity contribution >= 4 is 29.1 Å². The van der Waals surface area contributed by atoms with Crippen LogP contribution in [0, 0.1) is 0 Å². The molecular weight excluding hydrogens is 386 g/mol. The van der Waals surface area contributed by atoms with Crippen LogP contribution >= 0.6 is 23.4 Å². The van der Waals surface area contributed by atoms with E-state index in [9.17, 15) is 4.79 Å². The van der Waals surface area contributed by atoms with Gasteiger partial charge in [0.2, 0.25) is 0 Å². The maximum atomic E-state index is 12.3. The number of hydrogen-bond donors (Lipinski definition) is 0. The van der Waals surface area contributed by atoms with E-state index >= 15 is 0 Å². The van der Waals surface area contributed by atoms with E-state index in [-0.39, 0.29) is 17.6 Å². The van der Waals surface area contributed by atoms with Crippen LogP contribution < -0.4 is 9.47 Å². The van der Waals surface area contributed by atoms with Crippen LogP contribution in [0.15, 0.2) is 53.7 Å². The fraction of sp³-hybridized carbons (Fsp3) is 0.211. The number of halogens is 1. The Bertz CT molecular complexity index is 975. The Hall–Kier alpha value is -2.51. The van der Waals surface area contributed by atoms with Crippen LogP contribution in [0.3, 0.4) is 0 Å². The molecule has 0 spiro atoms. The number of fused-ring (bicyclic) bond motifs is 1. The molecule has 0 aliphatic carbocycles. The van der Waals surface area contributed by atoms with Gasteiger partial charge < -0.3 is 14.0 Å². The predicted octanol–water partition coefficient (Wildman–Crippen LogP) is 3.96. The van der Waals surface area contributed by atoms with Gasteiger partial charge in [0.1, 0.15) is 6.61 Å². The number of carbonyl (C=O) groups excluding carboxylic acids is 1. The Kier molecular flexibility index (Phi) is 5.05. The minimum absolute atomic E-state index is 0.00685. The molecule has 0 saturated heterocycles. The van der Waals surface area contributed by atoms with Gasteiger partial charge in [-0.05, 0) is 36.4 Å². The van der Waals surface area contributed by atoms with Gasteiger partial charge in [-0.2, -0.15) is 0 Å². The monoisotopic (exact) mass is 401 g/mol. The molecule has 0 bridgehead atoms. The summed E-state index contributed by atoms with van der Waals surface area (Å²) in [5.41, 5.74) is 0.620. The van der Waals surface area contributed by atoms with Crippen molar-refractivity contribution in [2.24, 2.45) is 7.05 Å². The number of hydrogen-bond acceptors (Lipinski definition) is 6. The number of carbonyl (C=O) groups is 1. The molecule has 2 heterocycles. The van der Waals surface area contributed by atoms with Crippen LogP contribution in [-0.2, 0) is 7.05 Å². The predicted molar refractivity (Wildman–Crippen MR) is 103 cm³/mol. The summed E-state index contributed by atoms with van der Waals surface area (Å²) in [7, 11) is 1.86. The lowest BCUT2D eigenvalue weighted by Gasteiger charge is -2.25. The summed E-state index contributed by atoms with van der Waals surface area (Å²) in [6, 6.07) is 14.4. The van der Waals surface area contributed by atoms with Crippen LogP contribution in [0.2, 0.25) is 5.02 Å². The zero-order valence-electron chi connectivity index (χ0n) is 14.5. The van der Waals surface area contributed by atoms with Crippen LogP contribution in [0.1, 0.15) is 22.3 Å². The van der Waals surface area contributed by atoms with E-state index in [0.29, 0.717) is 33.9 Å². The van der Waals surface area contributed by atoms with Crippen molar-refractivity contribution in [3.63, 3.8) is 0 Å². The zero-order chi connectivity index (χ0) is 18.8. The number of aromatic nitrogens is 3. The van der Waals surface area contributed by atoms with E-state index in [1.807, 2.05) is 35.9 Å². The quantitative estimate of drug-likeness (QED) is 0.476. The molecule has 1 atom stereocenters. The number of rotatable bonds is 5.